The molecule has 1 aromatic heterocycles. The molecule has 1 aromatic rings. The first kappa shape index (κ1) is 10.7. The van der Waals surface area contributed by atoms with Gasteiger partial charge in [0.15, 0.2) is 0 Å². The van der Waals surface area contributed by atoms with Crippen molar-refractivity contribution in [3.05, 3.63) is 16.1 Å². The number of nitrogens with zero attached hydrogens (tertiary/aromatic N) is 1. The Morgan fingerprint density at radius 3 is 3.12 bits per heavy atom. The van der Waals surface area contributed by atoms with Crippen molar-refractivity contribution in [2.45, 2.75) is 44.2 Å². The third-order valence-electron chi connectivity index (χ3n) is 3.20. The summed E-state index contributed by atoms with van der Waals surface area (Å²) in [5.41, 5.74) is 1.20. The zero-order chi connectivity index (χ0) is 10.8. The van der Waals surface area contributed by atoms with Gasteiger partial charge in [-0.1, -0.05) is 0 Å². The third kappa shape index (κ3) is 2.62. The van der Waals surface area contributed by atoms with E-state index in [0.717, 1.165) is 25.6 Å². The van der Waals surface area contributed by atoms with Crippen molar-refractivity contribution >= 4 is 11.3 Å². The Hall–Kier alpha value is -0.450. The van der Waals surface area contributed by atoms with E-state index < -0.39 is 0 Å². The van der Waals surface area contributed by atoms with Crippen molar-refractivity contribution in [2.24, 2.45) is 0 Å². The molecule has 1 saturated heterocycles. The third-order valence-corrected chi connectivity index (χ3v) is 4.25. The zero-order valence-corrected chi connectivity index (χ0v) is 10.3. The van der Waals surface area contributed by atoms with Gasteiger partial charge in [0.25, 0.3) is 0 Å². The van der Waals surface area contributed by atoms with Crippen LogP contribution < -0.4 is 5.32 Å². The van der Waals surface area contributed by atoms with E-state index in [1.165, 1.54) is 36.4 Å². The van der Waals surface area contributed by atoms with Crippen LogP contribution in [0.1, 0.15) is 42.3 Å². The molecule has 1 saturated carbocycles. The Morgan fingerprint density at radius 2 is 2.38 bits per heavy atom. The highest BCUT2D eigenvalue weighted by molar-refractivity contribution is 7.09. The summed E-state index contributed by atoms with van der Waals surface area (Å²) in [6, 6.07) is 0. The number of nitrogens with one attached hydrogen (secondary N) is 1. The van der Waals surface area contributed by atoms with Gasteiger partial charge in [0.05, 0.1) is 16.8 Å². The molecule has 3 rings (SSSR count). The van der Waals surface area contributed by atoms with Gasteiger partial charge >= 0.3 is 0 Å². The van der Waals surface area contributed by atoms with Crippen LogP contribution in [0.25, 0.3) is 0 Å². The summed E-state index contributed by atoms with van der Waals surface area (Å²) in [4.78, 5) is 4.65. The second-order valence-electron chi connectivity index (χ2n) is 4.72. The standard InChI is InChI=1S/C12H18N2OS/c1-2-11(15-5-1)7-13-6-10-8-16-12(14-10)9-3-4-9/h8-9,11,13H,1-7H2. The molecule has 1 aliphatic heterocycles. The van der Waals surface area contributed by atoms with Gasteiger partial charge in [0.1, 0.15) is 0 Å². The topological polar surface area (TPSA) is 34.2 Å². The molecular weight excluding hydrogens is 220 g/mol. The highest BCUT2D eigenvalue weighted by Crippen LogP contribution is 2.41. The fourth-order valence-electron chi connectivity index (χ4n) is 2.09. The Bertz CT molecular complexity index is 343. The zero-order valence-electron chi connectivity index (χ0n) is 9.45. The van der Waals surface area contributed by atoms with Crippen LogP contribution in [0.5, 0.6) is 0 Å². The van der Waals surface area contributed by atoms with E-state index in [1.807, 2.05) is 11.3 Å². The van der Waals surface area contributed by atoms with E-state index in [4.69, 9.17) is 4.74 Å². The molecule has 88 valence electrons. The predicted molar refractivity (Wildman–Crippen MR) is 64.8 cm³/mol. The summed E-state index contributed by atoms with van der Waals surface area (Å²) >= 11 is 1.82. The molecule has 16 heavy (non-hydrogen) atoms. The number of ether oxygens (including phenoxy) is 1. The molecule has 0 bridgehead atoms. The van der Waals surface area contributed by atoms with E-state index in [-0.39, 0.29) is 0 Å². The molecule has 2 fully saturated rings. The fourth-order valence-corrected chi connectivity index (χ4v) is 3.08. The normalized spacial score (nSPS) is 25.1. The first-order chi connectivity index (χ1) is 7.92. The van der Waals surface area contributed by atoms with E-state index in [9.17, 15) is 0 Å². The van der Waals surface area contributed by atoms with Crippen LogP contribution in [0.2, 0.25) is 0 Å². The SMILES string of the molecule is c1sc(C2CC2)nc1CNCC1CCCO1. The van der Waals surface area contributed by atoms with Crippen LogP contribution in [0.15, 0.2) is 5.38 Å². The van der Waals surface area contributed by atoms with Crippen molar-refractivity contribution < 1.29 is 4.74 Å². The minimum atomic E-state index is 0.432. The number of rotatable bonds is 5. The molecule has 3 nitrogen and oxygen atoms in total. The average molecular weight is 238 g/mol. The average Bonchev–Trinajstić information content (AvgIpc) is 2.83. The summed E-state index contributed by atoms with van der Waals surface area (Å²) < 4.78 is 5.56. The minimum absolute atomic E-state index is 0.432. The Balaban J connectivity index is 1.42. The second kappa shape index (κ2) is 4.82. The molecule has 0 aromatic carbocycles. The first-order valence-corrected chi connectivity index (χ1v) is 7.06. The lowest BCUT2D eigenvalue weighted by molar-refractivity contribution is 0.110. The van der Waals surface area contributed by atoms with Gasteiger partial charge in [0.2, 0.25) is 0 Å². The maximum atomic E-state index is 5.56. The lowest BCUT2D eigenvalue weighted by Gasteiger charge is -2.09. The van der Waals surface area contributed by atoms with Crippen molar-refractivity contribution in [1.29, 1.82) is 0 Å². The van der Waals surface area contributed by atoms with Crippen LogP contribution >= 0.6 is 11.3 Å². The molecule has 0 amide bonds. The highest BCUT2D eigenvalue weighted by Gasteiger charge is 2.26. The largest absolute Gasteiger partial charge is 0.377 e. The van der Waals surface area contributed by atoms with Gasteiger partial charge < -0.3 is 10.1 Å². The van der Waals surface area contributed by atoms with Gasteiger partial charge in [-0.2, -0.15) is 0 Å². The van der Waals surface area contributed by atoms with E-state index in [2.05, 4.69) is 15.7 Å². The first-order valence-electron chi connectivity index (χ1n) is 6.18. The molecule has 2 heterocycles. The Morgan fingerprint density at radius 1 is 1.44 bits per heavy atom. The predicted octanol–water partition coefficient (Wildman–Crippen LogP) is 2.29. The molecular formula is C12H18N2OS. The van der Waals surface area contributed by atoms with E-state index in [0.29, 0.717) is 6.10 Å². The monoisotopic (exact) mass is 238 g/mol. The van der Waals surface area contributed by atoms with E-state index in [1.54, 1.807) is 0 Å². The second-order valence-corrected chi connectivity index (χ2v) is 5.61. The van der Waals surface area contributed by atoms with Gasteiger partial charge in [-0.25, -0.2) is 4.98 Å². The Labute approximate surface area is 100 Å². The smallest absolute Gasteiger partial charge is 0.0959 e. The number of hydrogen-bond donors (Lipinski definition) is 1. The van der Waals surface area contributed by atoms with Gasteiger partial charge in [-0.3, -0.25) is 0 Å². The van der Waals surface area contributed by atoms with Gasteiger partial charge in [-0.05, 0) is 25.7 Å². The Kier molecular flexibility index (Phi) is 3.22. The number of hydrogen-bond acceptors (Lipinski definition) is 4. The molecule has 2 aliphatic rings. The molecule has 0 spiro atoms. The summed E-state index contributed by atoms with van der Waals surface area (Å²) in [7, 11) is 0. The van der Waals surface area contributed by atoms with Crippen LogP contribution in [-0.2, 0) is 11.3 Å². The molecule has 1 atom stereocenters. The lowest BCUT2D eigenvalue weighted by atomic mass is 10.2. The highest BCUT2D eigenvalue weighted by atomic mass is 32.1. The van der Waals surface area contributed by atoms with Crippen LogP contribution in [0, 0.1) is 0 Å². The maximum absolute atomic E-state index is 5.56. The molecule has 1 N–H and O–H groups in total. The van der Waals surface area contributed by atoms with Crippen molar-refractivity contribution in [3.8, 4) is 0 Å². The van der Waals surface area contributed by atoms with Gasteiger partial charge in [0, 0.05) is 31.0 Å². The summed E-state index contributed by atoms with van der Waals surface area (Å²) in [6.45, 7) is 2.80. The molecule has 1 aliphatic carbocycles. The fraction of sp³-hybridized carbons (Fsp3) is 0.750. The summed E-state index contributed by atoms with van der Waals surface area (Å²) in [5.74, 6) is 0.789. The van der Waals surface area contributed by atoms with Gasteiger partial charge in [-0.15, -0.1) is 11.3 Å². The maximum Gasteiger partial charge on any atom is 0.0959 e. The van der Waals surface area contributed by atoms with Crippen LogP contribution in [0.3, 0.4) is 0 Å². The minimum Gasteiger partial charge on any atom is -0.377 e. The van der Waals surface area contributed by atoms with Crippen molar-refractivity contribution in [3.63, 3.8) is 0 Å². The molecule has 0 radical (unpaired) electrons. The van der Waals surface area contributed by atoms with Crippen LogP contribution in [-0.4, -0.2) is 24.2 Å². The lowest BCUT2D eigenvalue weighted by Crippen LogP contribution is -2.25. The molecule has 4 heteroatoms. The van der Waals surface area contributed by atoms with Crippen molar-refractivity contribution in [2.75, 3.05) is 13.2 Å². The number of aromatic nitrogens is 1. The number of thiazole rings is 1. The van der Waals surface area contributed by atoms with Crippen LogP contribution in [0.4, 0.5) is 0 Å². The summed E-state index contributed by atoms with van der Waals surface area (Å²) in [5, 5.41) is 6.97. The summed E-state index contributed by atoms with van der Waals surface area (Å²) in [6.07, 6.45) is 5.54. The van der Waals surface area contributed by atoms with E-state index >= 15 is 0 Å². The quantitative estimate of drug-likeness (QED) is 0.854. The van der Waals surface area contributed by atoms with Crippen molar-refractivity contribution in [1.82, 2.24) is 10.3 Å². The molecule has 1 unspecified atom stereocenters.